The molecule has 0 radical (unpaired) electrons. The Balaban J connectivity index is -0.0000000267. The van der Waals surface area contributed by atoms with E-state index < -0.39 is 40.1 Å². The summed E-state index contributed by atoms with van der Waals surface area (Å²) in [6.45, 7) is 0. The summed E-state index contributed by atoms with van der Waals surface area (Å²) >= 11 is -12.2. The Hall–Kier alpha value is 4.78. The van der Waals surface area contributed by atoms with Gasteiger partial charge in [-0.05, 0) is 0 Å². The minimum absolute atomic E-state index is 0. The van der Waals surface area contributed by atoms with Gasteiger partial charge in [0.05, 0.1) is 0 Å². The predicted octanol–water partition coefficient (Wildman–Crippen LogP) is -9.28. The van der Waals surface area contributed by atoms with Gasteiger partial charge in [0.1, 0.15) is 0 Å². The molecule has 0 spiro atoms. The van der Waals surface area contributed by atoms with Gasteiger partial charge in [0.15, 0.2) is 0 Å². The molecular formula is Ca3O8Sb2. The standard InChI is InChI=1S/3Ca.8O.2Sb/q3*+2;;;6*-1;;. The minimum atomic E-state index is -6.10. The van der Waals surface area contributed by atoms with Gasteiger partial charge in [-0.25, -0.2) is 0 Å². The van der Waals surface area contributed by atoms with Crippen LogP contribution in [0.4, 0.5) is 0 Å². The molecule has 0 atom stereocenters. The van der Waals surface area contributed by atoms with E-state index in [4.69, 9.17) is 26.3 Å². The van der Waals surface area contributed by atoms with Crippen molar-refractivity contribution in [3.8, 4) is 0 Å². The van der Waals surface area contributed by atoms with Crippen LogP contribution in [0.15, 0.2) is 0 Å². The quantitative estimate of drug-likeness (QED) is 0.300. The Bertz CT molecular complexity index is 130. The predicted molar refractivity (Wildman–Crippen MR) is 30.1 cm³/mol. The molecule has 0 aliphatic heterocycles. The second kappa shape index (κ2) is 14.8. The van der Waals surface area contributed by atoms with Crippen LogP contribution in [0.5, 0.6) is 0 Å². The van der Waals surface area contributed by atoms with E-state index in [1.54, 1.807) is 0 Å². The van der Waals surface area contributed by atoms with Crippen LogP contribution >= 0.6 is 0 Å². The molecular weight excluding hydrogens is 492 g/mol. The molecule has 0 unspecified atom stereocenters. The molecule has 0 saturated heterocycles. The van der Waals surface area contributed by atoms with Crippen molar-refractivity contribution in [1.82, 2.24) is 0 Å². The van der Waals surface area contributed by atoms with Crippen LogP contribution in [0.1, 0.15) is 0 Å². The van der Waals surface area contributed by atoms with Crippen molar-refractivity contribution in [2.24, 2.45) is 0 Å². The summed E-state index contributed by atoms with van der Waals surface area (Å²) in [7, 11) is 0. The summed E-state index contributed by atoms with van der Waals surface area (Å²) in [5, 5.41) is 0. The third-order valence-electron chi connectivity index (χ3n) is 0. The fourth-order valence-corrected chi connectivity index (χ4v) is 0. The van der Waals surface area contributed by atoms with E-state index in [9.17, 15) is 0 Å². The Morgan fingerprint density at radius 3 is 0.538 bits per heavy atom. The van der Waals surface area contributed by atoms with Crippen molar-refractivity contribution in [2.45, 2.75) is 0 Å². The molecule has 0 aromatic heterocycles. The monoisotopic (exact) mass is 490 g/mol. The Morgan fingerprint density at radius 1 is 0.538 bits per heavy atom. The van der Waals surface area contributed by atoms with Gasteiger partial charge in [0.25, 0.3) is 0 Å². The summed E-state index contributed by atoms with van der Waals surface area (Å²) in [6, 6.07) is 0. The molecule has 0 fully saturated rings. The zero-order valence-electron chi connectivity index (χ0n) is 6.28. The molecule has 0 saturated carbocycles. The molecule has 0 aliphatic rings. The van der Waals surface area contributed by atoms with Gasteiger partial charge >= 0.3 is 180 Å². The van der Waals surface area contributed by atoms with E-state index in [0.717, 1.165) is 0 Å². The molecule has 0 rings (SSSR count). The molecule has 64 valence electrons. The van der Waals surface area contributed by atoms with Crippen molar-refractivity contribution in [2.75, 3.05) is 0 Å². The molecule has 0 aromatic carbocycles. The summed E-state index contributed by atoms with van der Waals surface area (Å²) in [6.07, 6.45) is 0. The van der Waals surface area contributed by atoms with E-state index >= 15 is 0 Å². The van der Waals surface area contributed by atoms with Crippen molar-refractivity contribution in [3.63, 3.8) is 0 Å². The SMILES string of the molecule is [Ca+2].[Ca+2].[Ca+2].[O]=[Sb]([O-])([O-])[O-].[O]=[Sb]([O-])([O-])[O-]. The van der Waals surface area contributed by atoms with Crippen LogP contribution < -0.4 is 20.3 Å². The third kappa shape index (κ3) is 161. The molecule has 13 heteroatoms. The van der Waals surface area contributed by atoms with E-state index in [1.807, 2.05) is 0 Å². The summed E-state index contributed by atoms with van der Waals surface area (Å²) in [5.74, 6) is 0. The van der Waals surface area contributed by atoms with Gasteiger partial charge in [-0.1, -0.05) is 0 Å². The number of rotatable bonds is 0. The summed E-state index contributed by atoms with van der Waals surface area (Å²) in [4.78, 5) is 0. The first-order valence-electron chi connectivity index (χ1n) is 1.46. The van der Waals surface area contributed by atoms with Crippen LogP contribution in [0.3, 0.4) is 0 Å². The first-order valence-corrected chi connectivity index (χ1v) is 9.80. The van der Waals surface area contributed by atoms with Crippen molar-refractivity contribution < 1.29 is 26.3 Å². The van der Waals surface area contributed by atoms with Gasteiger partial charge in [0.2, 0.25) is 0 Å². The molecule has 0 aromatic rings. The average molecular weight is 492 g/mol. The first kappa shape index (κ1) is 30.6. The van der Waals surface area contributed by atoms with Crippen molar-refractivity contribution in [3.05, 3.63) is 0 Å². The van der Waals surface area contributed by atoms with E-state index in [1.165, 1.54) is 0 Å². The van der Waals surface area contributed by atoms with Crippen LogP contribution in [-0.4, -0.2) is 153 Å². The van der Waals surface area contributed by atoms with E-state index in [2.05, 4.69) is 0 Å². The Morgan fingerprint density at radius 2 is 0.538 bits per heavy atom. The third-order valence-corrected chi connectivity index (χ3v) is 0. The molecule has 0 amide bonds. The molecule has 0 N–H and O–H groups in total. The maximum absolute atomic E-state index is 8.64. The second-order valence-corrected chi connectivity index (χ2v) is 6.00. The van der Waals surface area contributed by atoms with Crippen molar-refractivity contribution >= 4 is 153 Å². The van der Waals surface area contributed by atoms with Crippen LogP contribution in [0, 0.1) is 0 Å². The fraction of sp³-hybridized carbons (Fsp3) is 0. The van der Waals surface area contributed by atoms with Crippen LogP contribution in [0.25, 0.3) is 0 Å². The Labute approximate surface area is 174 Å². The van der Waals surface area contributed by atoms with Gasteiger partial charge < -0.3 is 0 Å². The van der Waals surface area contributed by atoms with E-state index in [0.29, 0.717) is 0 Å². The van der Waals surface area contributed by atoms with E-state index in [-0.39, 0.29) is 113 Å². The molecule has 13 heavy (non-hydrogen) atoms. The number of hydrogen-bond donors (Lipinski definition) is 0. The summed E-state index contributed by atoms with van der Waals surface area (Å²) < 4.78 is 69.1. The molecule has 8 nitrogen and oxygen atoms in total. The average Bonchev–Trinajstić information content (AvgIpc) is 1.12. The topological polar surface area (TPSA) is 172 Å². The van der Waals surface area contributed by atoms with Gasteiger partial charge in [0, 0.05) is 0 Å². The molecule has 0 bridgehead atoms. The Kier molecular flexibility index (Phi) is 35.0. The van der Waals surface area contributed by atoms with Gasteiger partial charge in [-0.15, -0.1) is 0 Å². The van der Waals surface area contributed by atoms with Gasteiger partial charge in [-0.2, -0.15) is 0 Å². The van der Waals surface area contributed by atoms with Crippen LogP contribution in [-0.2, 0) is 6.03 Å². The van der Waals surface area contributed by atoms with Crippen LogP contribution in [0.2, 0.25) is 0 Å². The molecule has 0 aliphatic carbocycles. The normalized spacial score (nSPS) is 9.08. The molecule has 0 heterocycles. The first-order chi connectivity index (χ1) is 4.00. The fourth-order valence-electron chi connectivity index (χ4n) is 0. The van der Waals surface area contributed by atoms with Gasteiger partial charge in [-0.3, -0.25) is 0 Å². The van der Waals surface area contributed by atoms with Crippen molar-refractivity contribution in [1.29, 1.82) is 0 Å². The zero-order chi connectivity index (χ0) is 9.00. The second-order valence-electron chi connectivity index (χ2n) is 0.894. The zero-order valence-corrected chi connectivity index (χ0v) is 18.0. The maximum atomic E-state index is 8.64. The number of hydrogen-bond acceptors (Lipinski definition) is 8. The summed E-state index contributed by atoms with van der Waals surface area (Å²) in [5.41, 5.74) is 0.